The zero-order valence-corrected chi connectivity index (χ0v) is 13.3. The molecule has 0 bridgehead atoms. The van der Waals surface area contributed by atoms with E-state index in [9.17, 15) is 4.79 Å². The lowest BCUT2D eigenvalue weighted by atomic mass is 10.0. The van der Waals surface area contributed by atoms with E-state index in [0.29, 0.717) is 25.5 Å². The number of likely N-dealkylation sites (tertiary alicyclic amines) is 1. The Bertz CT molecular complexity index is 490. The lowest BCUT2D eigenvalue weighted by Gasteiger charge is -2.16. The molecule has 5 nitrogen and oxygen atoms in total. The summed E-state index contributed by atoms with van der Waals surface area (Å²) in [6, 6.07) is 2.04. The third-order valence-electron chi connectivity index (χ3n) is 3.78. The summed E-state index contributed by atoms with van der Waals surface area (Å²) in [7, 11) is 1.66. The summed E-state index contributed by atoms with van der Waals surface area (Å²) in [5.74, 6) is 1.52. The van der Waals surface area contributed by atoms with Crippen LogP contribution in [0.2, 0.25) is 0 Å². The smallest absolute Gasteiger partial charge is 0.223 e. The third kappa shape index (κ3) is 4.49. The van der Waals surface area contributed by atoms with Crippen LogP contribution in [0.4, 0.5) is 0 Å². The molecule has 0 aliphatic carbocycles. The molecule has 1 fully saturated rings. The van der Waals surface area contributed by atoms with Crippen molar-refractivity contribution in [3.63, 3.8) is 0 Å². The SMILES string of the molecule is CCCc1nc(C)cc(CC2CC(=O)N(CCOC)C2)n1. The number of nitrogens with zero attached hydrogens (tertiary/aromatic N) is 3. The van der Waals surface area contributed by atoms with Gasteiger partial charge in [0.15, 0.2) is 0 Å². The van der Waals surface area contributed by atoms with Gasteiger partial charge in [0.25, 0.3) is 0 Å². The van der Waals surface area contributed by atoms with Crippen molar-refractivity contribution in [1.82, 2.24) is 14.9 Å². The van der Waals surface area contributed by atoms with Gasteiger partial charge in [-0.3, -0.25) is 4.79 Å². The van der Waals surface area contributed by atoms with Crippen molar-refractivity contribution in [3.8, 4) is 0 Å². The molecule has 0 aromatic carbocycles. The number of aryl methyl sites for hydroxylation is 2. The first-order chi connectivity index (χ1) is 10.1. The predicted molar refractivity (Wildman–Crippen MR) is 81.0 cm³/mol. The van der Waals surface area contributed by atoms with E-state index in [-0.39, 0.29) is 5.91 Å². The molecule has 0 radical (unpaired) electrons. The van der Waals surface area contributed by atoms with Gasteiger partial charge in [-0.05, 0) is 31.7 Å². The topological polar surface area (TPSA) is 55.3 Å². The fourth-order valence-corrected chi connectivity index (χ4v) is 2.84. The fraction of sp³-hybridized carbons (Fsp3) is 0.688. The maximum atomic E-state index is 12.0. The standard InChI is InChI=1S/C16H25N3O2/c1-4-5-15-17-12(2)8-14(18-15)9-13-10-16(20)19(11-13)6-7-21-3/h8,13H,4-7,9-11H2,1-3H3. The number of hydrogen-bond donors (Lipinski definition) is 0. The lowest BCUT2D eigenvalue weighted by molar-refractivity contribution is -0.128. The third-order valence-corrected chi connectivity index (χ3v) is 3.78. The van der Waals surface area contributed by atoms with E-state index in [1.807, 2.05) is 17.9 Å². The highest BCUT2D eigenvalue weighted by Crippen LogP contribution is 2.21. The van der Waals surface area contributed by atoms with E-state index in [2.05, 4.69) is 16.9 Å². The minimum Gasteiger partial charge on any atom is -0.383 e. The number of carbonyl (C=O) groups is 1. The second-order valence-corrected chi connectivity index (χ2v) is 5.77. The minimum absolute atomic E-state index is 0.233. The molecule has 1 aliphatic heterocycles. The number of carbonyl (C=O) groups excluding carboxylic acids is 1. The molecule has 5 heteroatoms. The van der Waals surface area contributed by atoms with Gasteiger partial charge >= 0.3 is 0 Å². The first-order valence-electron chi connectivity index (χ1n) is 7.72. The summed E-state index contributed by atoms with van der Waals surface area (Å²) >= 11 is 0. The van der Waals surface area contributed by atoms with Crippen LogP contribution in [0.5, 0.6) is 0 Å². The number of aromatic nitrogens is 2. The molecule has 1 unspecified atom stereocenters. The number of rotatable bonds is 7. The Hall–Kier alpha value is -1.49. The molecule has 21 heavy (non-hydrogen) atoms. The van der Waals surface area contributed by atoms with Crippen LogP contribution in [0.25, 0.3) is 0 Å². The van der Waals surface area contributed by atoms with Gasteiger partial charge in [0.1, 0.15) is 5.82 Å². The largest absolute Gasteiger partial charge is 0.383 e. The Labute approximate surface area is 126 Å². The van der Waals surface area contributed by atoms with Gasteiger partial charge in [-0.15, -0.1) is 0 Å². The van der Waals surface area contributed by atoms with Gasteiger partial charge in [-0.1, -0.05) is 6.92 Å². The quantitative estimate of drug-likeness (QED) is 0.768. The number of methoxy groups -OCH3 is 1. The van der Waals surface area contributed by atoms with Gasteiger partial charge in [0, 0.05) is 44.4 Å². The lowest BCUT2D eigenvalue weighted by Crippen LogP contribution is -2.29. The Morgan fingerprint density at radius 2 is 2.24 bits per heavy atom. The van der Waals surface area contributed by atoms with Crippen molar-refractivity contribution in [3.05, 3.63) is 23.3 Å². The Morgan fingerprint density at radius 1 is 1.43 bits per heavy atom. The maximum absolute atomic E-state index is 12.0. The molecule has 0 saturated carbocycles. The van der Waals surface area contributed by atoms with Crippen LogP contribution in [0.1, 0.15) is 37.0 Å². The number of amides is 1. The Morgan fingerprint density at radius 3 is 2.95 bits per heavy atom. The molecule has 0 spiro atoms. The Balaban J connectivity index is 1.97. The average Bonchev–Trinajstić information content (AvgIpc) is 2.76. The van der Waals surface area contributed by atoms with Crippen molar-refractivity contribution >= 4 is 5.91 Å². The molecule has 1 aromatic rings. The van der Waals surface area contributed by atoms with Crippen LogP contribution in [-0.2, 0) is 22.4 Å². The maximum Gasteiger partial charge on any atom is 0.223 e. The molecule has 1 aromatic heterocycles. The van der Waals surface area contributed by atoms with Crippen LogP contribution in [0.15, 0.2) is 6.07 Å². The van der Waals surface area contributed by atoms with Crippen molar-refractivity contribution < 1.29 is 9.53 Å². The molecule has 116 valence electrons. The molecule has 1 aliphatic rings. The molecular weight excluding hydrogens is 266 g/mol. The molecule has 1 atom stereocenters. The highest BCUT2D eigenvalue weighted by atomic mass is 16.5. The molecule has 2 rings (SSSR count). The molecular formula is C16H25N3O2. The predicted octanol–water partition coefficient (Wildman–Crippen LogP) is 1.77. The first kappa shape index (κ1) is 15.9. The van der Waals surface area contributed by atoms with Crippen LogP contribution in [0.3, 0.4) is 0 Å². The molecule has 2 heterocycles. The molecule has 1 amide bonds. The van der Waals surface area contributed by atoms with E-state index >= 15 is 0 Å². The second kappa shape index (κ2) is 7.50. The Kier molecular flexibility index (Phi) is 5.67. The van der Waals surface area contributed by atoms with Crippen molar-refractivity contribution in [2.45, 2.75) is 39.5 Å². The van der Waals surface area contributed by atoms with E-state index in [1.54, 1.807) is 7.11 Å². The minimum atomic E-state index is 0.233. The van der Waals surface area contributed by atoms with E-state index in [4.69, 9.17) is 4.74 Å². The summed E-state index contributed by atoms with van der Waals surface area (Å²) < 4.78 is 5.05. The van der Waals surface area contributed by atoms with Crippen LogP contribution >= 0.6 is 0 Å². The van der Waals surface area contributed by atoms with E-state index in [1.165, 1.54) is 0 Å². The van der Waals surface area contributed by atoms with Gasteiger partial charge in [0.2, 0.25) is 5.91 Å². The highest BCUT2D eigenvalue weighted by Gasteiger charge is 2.29. The number of ether oxygens (including phenoxy) is 1. The monoisotopic (exact) mass is 291 g/mol. The van der Waals surface area contributed by atoms with Crippen molar-refractivity contribution in [1.29, 1.82) is 0 Å². The summed E-state index contributed by atoms with van der Waals surface area (Å²) in [6.45, 7) is 6.25. The summed E-state index contributed by atoms with van der Waals surface area (Å²) in [5.41, 5.74) is 2.08. The van der Waals surface area contributed by atoms with Crippen LogP contribution in [-0.4, -0.2) is 47.6 Å². The van der Waals surface area contributed by atoms with Crippen LogP contribution < -0.4 is 0 Å². The van der Waals surface area contributed by atoms with Crippen LogP contribution in [0, 0.1) is 12.8 Å². The van der Waals surface area contributed by atoms with Gasteiger partial charge in [-0.25, -0.2) is 9.97 Å². The van der Waals surface area contributed by atoms with E-state index in [0.717, 1.165) is 43.0 Å². The summed E-state index contributed by atoms with van der Waals surface area (Å²) in [6.07, 6.45) is 3.44. The second-order valence-electron chi connectivity index (χ2n) is 5.77. The summed E-state index contributed by atoms with van der Waals surface area (Å²) in [4.78, 5) is 22.9. The van der Waals surface area contributed by atoms with Crippen molar-refractivity contribution in [2.75, 3.05) is 26.8 Å². The van der Waals surface area contributed by atoms with Gasteiger partial charge in [0.05, 0.1) is 6.61 Å². The van der Waals surface area contributed by atoms with E-state index < -0.39 is 0 Å². The normalized spacial score (nSPS) is 18.5. The van der Waals surface area contributed by atoms with Gasteiger partial charge < -0.3 is 9.64 Å². The molecule has 0 N–H and O–H groups in total. The first-order valence-corrected chi connectivity index (χ1v) is 7.72. The number of hydrogen-bond acceptors (Lipinski definition) is 4. The van der Waals surface area contributed by atoms with Gasteiger partial charge in [-0.2, -0.15) is 0 Å². The fourth-order valence-electron chi connectivity index (χ4n) is 2.84. The average molecular weight is 291 g/mol. The highest BCUT2D eigenvalue weighted by molar-refractivity contribution is 5.78. The van der Waals surface area contributed by atoms with Crippen molar-refractivity contribution in [2.24, 2.45) is 5.92 Å². The zero-order valence-electron chi connectivity index (χ0n) is 13.3. The summed E-state index contributed by atoms with van der Waals surface area (Å²) in [5, 5.41) is 0. The zero-order chi connectivity index (χ0) is 15.2. The molecule has 1 saturated heterocycles.